The van der Waals surface area contributed by atoms with Crippen LogP contribution in [0.25, 0.3) is 0 Å². The van der Waals surface area contributed by atoms with E-state index >= 15 is 0 Å². The van der Waals surface area contributed by atoms with Crippen LogP contribution in [-0.4, -0.2) is 50.9 Å². The molecule has 1 heterocycles. The molecule has 0 aliphatic carbocycles. The molecule has 0 unspecified atom stereocenters. The molecule has 0 saturated carbocycles. The van der Waals surface area contributed by atoms with Gasteiger partial charge in [-0.2, -0.15) is 0 Å². The van der Waals surface area contributed by atoms with Crippen molar-refractivity contribution in [3.05, 3.63) is 53.6 Å². The zero-order valence-corrected chi connectivity index (χ0v) is 18.1. The van der Waals surface area contributed by atoms with E-state index in [1.54, 1.807) is 7.05 Å². The highest BCUT2D eigenvalue weighted by molar-refractivity contribution is 5.79. The maximum absolute atomic E-state index is 5.84. The Morgan fingerprint density at radius 1 is 0.967 bits per heavy atom. The van der Waals surface area contributed by atoms with Gasteiger partial charge in [0.25, 0.3) is 0 Å². The van der Waals surface area contributed by atoms with Crippen LogP contribution in [0.3, 0.4) is 0 Å². The molecular formula is C23H32N4O3. The van der Waals surface area contributed by atoms with Crippen molar-refractivity contribution in [2.45, 2.75) is 26.9 Å². The molecule has 7 nitrogen and oxygen atoms in total. The summed E-state index contributed by atoms with van der Waals surface area (Å²) in [5.74, 6) is 3.22. The molecule has 0 bridgehead atoms. The van der Waals surface area contributed by atoms with Crippen LogP contribution < -0.4 is 24.8 Å². The minimum atomic E-state index is 0.287. The topological polar surface area (TPSA) is 67.4 Å². The minimum absolute atomic E-state index is 0.287. The number of nitrogens with zero attached hydrogens (tertiary/aromatic N) is 2. The van der Waals surface area contributed by atoms with E-state index in [4.69, 9.17) is 14.2 Å². The summed E-state index contributed by atoms with van der Waals surface area (Å²) in [6.07, 6.45) is 0. The van der Waals surface area contributed by atoms with E-state index in [-0.39, 0.29) is 6.79 Å². The minimum Gasteiger partial charge on any atom is -0.492 e. The van der Waals surface area contributed by atoms with E-state index in [2.05, 4.69) is 46.5 Å². The molecule has 1 aliphatic heterocycles. The number of nitrogens with one attached hydrogen (secondary N) is 2. The maximum Gasteiger partial charge on any atom is 0.231 e. The zero-order chi connectivity index (χ0) is 21.2. The van der Waals surface area contributed by atoms with Crippen molar-refractivity contribution in [2.75, 3.05) is 40.1 Å². The SMILES string of the molecule is CCN(CC)CCOc1ccc(CNC(=NC)NCc2ccc3c(c2)OCO3)cc1. The first-order valence-electron chi connectivity index (χ1n) is 10.5. The summed E-state index contributed by atoms with van der Waals surface area (Å²) in [4.78, 5) is 6.64. The van der Waals surface area contributed by atoms with Gasteiger partial charge < -0.3 is 29.7 Å². The summed E-state index contributed by atoms with van der Waals surface area (Å²) < 4.78 is 16.6. The number of likely N-dealkylation sites (N-methyl/N-ethyl adjacent to an activating group) is 1. The number of ether oxygens (including phenoxy) is 3. The summed E-state index contributed by atoms with van der Waals surface area (Å²) in [6.45, 7) is 9.71. The summed E-state index contributed by atoms with van der Waals surface area (Å²) in [5, 5.41) is 6.66. The highest BCUT2D eigenvalue weighted by Gasteiger charge is 2.13. The molecule has 0 amide bonds. The third kappa shape index (κ3) is 6.29. The van der Waals surface area contributed by atoms with Crippen molar-refractivity contribution >= 4 is 5.96 Å². The van der Waals surface area contributed by atoms with Crippen molar-refractivity contribution in [1.82, 2.24) is 15.5 Å². The van der Waals surface area contributed by atoms with Crippen LogP contribution >= 0.6 is 0 Å². The Morgan fingerprint density at radius 3 is 2.33 bits per heavy atom. The normalized spacial score (nSPS) is 12.9. The number of hydrogen-bond donors (Lipinski definition) is 2. The lowest BCUT2D eigenvalue weighted by molar-refractivity contribution is 0.174. The average Bonchev–Trinajstić information content (AvgIpc) is 3.26. The molecule has 1 aliphatic rings. The quantitative estimate of drug-likeness (QED) is 0.462. The zero-order valence-electron chi connectivity index (χ0n) is 18.1. The Bertz CT molecular complexity index is 820. The van der Waals surface area contributed by atoms with Gasteiger partial charge >= 0.3 is 0 Å². The molecular weight excluding hydrogens is 380 g/mol. The van der Waals surface area contributed by atoms with Crippen molar-refractivity contribution in [1.29, 1.82) is 0 Å². The Kier molecular flexibility index (Phi) is 8.20. The summed E-state index contributed by atoms with van der Waals surface area (Å²) in [7, 11) is 1.77. The van der Waals surface area contributed by atoms with Gasteiger partial charge in [0.2, 0.25) is 6.79 Å². The molecule has 3 rings (SSSR count). The van der Waals surface area contributed by atoms with E-state index in [1.165, 1.54) is 0 Å². The molecule has 0 spiro atoms. The fourth-order valence-electron chi connectivity index (χ4n) is 3.18. The third-order valence-electron chi connectivity index (χ3n) is 5.07. The molecule has 2 aromatic rings. The highest BCUT2D eigenvalue weighted by Crippen LogP contribution is 2.32. The Hall–Kier alpha value is -2.93. The second kappa shape index (κ2) is 11.3. The van der Waals surface area contributed by atoms with Gasteiger partial charge in [-0.25, -0.2) is 0 Å². The molecule has 2 N–H and O–H groups in total. The predicted molar refractivity (Wildman–Crippen MR) is 119 cm³/mol. The fourth-order valence-corrected chi connectivity index (χ4v) is 3.18. The van der Waals surface area contributed by atoms with E-state index in [1.807, 2.05) is 30.3 Å². The first-order chi connectivity index (χ1) is 14.7. The van der Waals surface area contributed by atoms with E-state index in [0.29, 0.717) is 19.7 Å². The lowest BCUT2D eigenvalue weighted by atomic mass is 10.2. The molecule has 0 atom stereocenters. The number of aliphatic imine (C=N–C) groups is 1. The van der Waals surface area contributed by atoms with Gasteiger partial charge in [0.05, 0.1) is 0 Å². The van der Waals surface area contributed by atoms with E-state index in [0.717, 1.165) is 54.0 Å². The second-order valence-electron chi connectivity index (χ2n) is 6.99. The van der Waals surface area contributed by atoms with Crippen LogP contribution in [0, 0.1) is 0 Å². The Labute approximate surface area is 179 Å². The number of rotatable bonds is 10. The van der Waals surface area contributed by atoms with Crippen molar-refractivity contribution in [3.8, 4) is 17.2 Å². The number of fused-ring (bicyclic) bond motifs is 1. The van der Waals surface area contributed by atoms with E-state index < -0.39 is 0 Å². The monoisotopic (exact) mass is 412 g/mol. The molecule has 0 saturated heterocycles. The molecule has 30 heavy (non-hydrogen) atoms. The number of benzene rings is 2. The van der Waals surface area contributed by atoms with Crippen molar-refractivity contribution in [3.63, 3.8) is 0 Å². The fraction of sp³-hybridized carbons (Fsp3) is 0.435. The number of hydrogen-bond acceptors (Lipinski definition) is 5. The summed E-state index contributed by atoms with van der Waals surface area (Å²) in [5.41, 5.74) is 2.27. The molecule has 0 aromatic heterocycles. The van der Waals surface area contributed by atoms with Crippen LogP contribution in [0.4, 0.5) is 0 Å². The van der Waals surface area contributed by atoms with Gasteiger partial charge in [-0.15, -0.1) is 0 Å². The van der Waals surface area contributed by atoms with Crippen LogP contribution in [0.1, 0.15) is 25.0 Å². The van der Waals surface area contributed by atoms with Gasteiger partial charge in [0.15, 0.2) is 17.5 Å². The van der Waals surface area contributed by atoms with Crippen molar-refractivity contribution in [2.24, 2.45) is 4.99 Å². The highest BCUT2D eigenvalue weighted by atomic mass is 16.7. The van der Waals surface area contributed by atoms with E-state index in [9.17, 15) is 0 Å². The van der Waals surface area contributed by atoms with Gasteiger partial charge in [-0.3, -0.25) is 4.99 Å². The molecule has 162 valence electrons. The lowest BCUT2D eigenvalue weighted by Gasteiger charge is -2.18. The van der Waals surface area contributed by atoms with Crippen LogP contribution in [0.2, 0.25) is 0 Å². The third-order valence-corrected chi connectivity index (χ3v) is 5.07. The van der Waals surface area contributed by atoms with Gasteiger partial charge in [0, 0.05) is 26.7 Å². The summed E-state index contributed by atoms with van der Waals surface area (Å²) in [6, 6.07) is 14.1. The standard InChI is InChI=1S/C23H32N4O3/c1-4-27(5-2)12-13-28-20-9-6-18(7-10-20)15-25-23(24-3)26-16-19-8-11-21-22(14-19)30-17-29-21/h6-11,14H,4-5,12-13,15-17H2,1-3H3,(H2,24,25,26). The predicted octanol–water partition coefficient (Wildman–Crippen LogP) is 3.00. The van der Waals surface area contributed by atoms with Crippen molar-refractivity contribution < 1.29 is 14.2 Å². The molecule has 0 radical (unpaired) electrons. The Morgan fingerprint density at radius 2 is 1.63 bits per heavy atom. The number of guanidine groups is 1. The van der Waals surface area contributed by atoms with Gasteiger partial charge in [-0.05, 0) is 48.5 Å². The van der Waals surface area contributed by atoms with Crippen LogP contribution in [0.5, 0.6) is 17.2 Å². The van der Waals surface area contributed by atoms with Gasteiger partial charge in [-0.1, -0.05) is 32.0 Å². The largest absolute Gasteiger partial charge is 0.492 e. The molecule has 2 aromatic carbocycles. The average molecular weight is 413 g/mol. The smallest absolute Gasteiger partial charge is 0.231 e. The second-order valence-corrected chi connectivity index (χ2v) is 6.99. The molecule has 0 fully saturated rings. The van der Waals surface area contributed by atoms with Gasteiger partial charge in [0.1, 0.15) is 12.4 Å². The van der Waals surface area contributed by atoms with Crippen LogP contribution in [-0.2, 0) is 13.1 Å². The lowest BCUT2D eigenvalue weighted by Crippen LogP contribution is -2.36. The first kappa shape index (κ1) is 21.8. The first-order valence-corrected chi connectivity index (χ1v) is 10.5. The summed E-state index contributed by atoms with van der Waals surface area (Å²) >= 11 is 0. The molecule has 7 heteroatoms. The maximum atomic E-state index is 5.84. The van der Waals surface area contributed by atoms with Crippen LogP contribution in [0.15, 0.2) is 47.5 Å². The Balaban J connectivity index is 1.41.